The number of thiophene rings is 1. The highest BCUT2D eigenvalue weighted by Gasteiger charge is 2.54. The normalized spacial score (nSPS) is 14.1. The Morgan fingerprint density at radius 1 is 0.288 bits per heavy atom. The molecule has 0 radical (unpaired) electrons. The summed E-state index contributed by atoms with van der Waals surface area (Å²) in [5.41, 5.74) is 20.0. The lowest BCUT2D eigenvalue weighted by atomic mass is 9.73. The number of rotatable bonds is 8. The number of hydrogen-bond donors (Lipinski definition) is 0. The highest BCUT2D eigenvalue weighted by Crippen LogP contribution is 2.67. The molecule has 0 amide bonds. The molecular formula is C63H42N2S. The van der Waals surface area contributed by atoms with Gasteiger partial charge in [-0.25, -0.2) is 0 Å². The molecule has 1 atom stereocenters. The molecule has 1 aromatic heterocycles. The van der Waals surface area contributed by atoms with E-state index in [1.54, 1.807) is 0 Å². The third kappa shape index (κ3) is 5.94. The van der Waals surface area contributed by atoms with Gasteiger partial charge >= 0.3 is 0 Å². The highest BCUT2D eigenvalue weighted by molar-refractivity contribution is 7.20. The summed E-state index contributed by atoms with van der Waals surface area (Å²) in [5, 5.41) is 1.31. The first-order valence-electron chi connectivity index (χ1n) is 22.7. The summed E-state index contributed by atoms with van der Waals surface area (Å²) in [4.78, 5) is 6.23. The molecule has 2 nitrogen and oxygen atoms in total. The molecule has 0 bridgehead atoms. The van der Waals surface area contributed by atoms with Gasteiger partial charge in [0, 0.05) is 54.7 Å². The van der Waals surface area contributed by atoms with Crippen molar-refractivity contribution in [2.75, 3.05) is 9.80 Å². The monoisotopic (exact) mass is 858 g/mol. The second kappa shape index (κ2) is 15.5. The van der Waals surface area contributed by atoms with Gasteiger partial charge < -0.3 is 9.80 Å². The zero-order valence-corrected chi connectivity index (χ0v) is 36.9. The highest BCUT2D eigenvalue weighted by atomic mass is 32.1. The standard InChI is InChI=1S/C63H42N2S/c1-5-18-43(19-6-1)45-32-34-49(35-33-45)65(50-27-17-22-46(40-50)44-20-7-2-8-21-44)52-37-39-55-59(42-52)63(62-61(55)56-29-14-16-31-60(56)66-62)57-30-15-13-28-53(57)54-38-36-51(41-58(54)63)64(47-23-9-3-10-24-47)48-25-11-4-12-26-48/h1-42H. The summed E-state index contributed by atoms with van der Waals surface area (Å²) in [6.45, 7) is 0. The molecule has 3 heteroatoms. The fraction of sp³-hybridized carbons (Fsp3) is 0.0159. The van der Waals surface area contributed by atoms with Gasteiger partial charge in [-0.3, -0.25) is 0 Å². The Kier molecular flexibility index (Phi) is 8.97. The van der Waals surface area contributed by atoms with E-state index in [0.29, 0.717) is 0 Å². The summed E-state index contributed by atoms with van der Waals surface area (Å²) in [6, 6.07) is 93.6. The van der Waals surface area contributed by atoms with Crippen LogP contribution in [-0.4, -0.2) is 0 Å². The van der Waals surface area contributed by atoms with Crippen LogP contribution in [0.4, 0.5) is 34.1 Å². The van der Waals surface area contributed by atoms with Gasteiger partial charge in [-0.15, -0.1) is 11.3 Å². The summed E-state index contributed by atoms with van der Waals surface area (Å²) >= 11 is 1.95. The topological polar surface area (TPSA) is 6.48 Å². The number of para-hydroxylation sites is 2. The average Bonchev–Trinajstić information content (AvgIpc) is 4.01. The fourth-order valence-electron chi connectivity index (χ4n) is 10.8. The van der Waals surface area contributed by atoms with Crippen LogP contribution in [0.2, 0.25) is 0 Å². The van der Waals surface area contributed by atoms with Crippen LogP contribution in [-0.2, 0) is 5.41 Å². The second-order valence-corrected chi connectivity index (χ2v) is 18.3. The van der Waals surface area contributed by atoms with Crippen molar-refractivity contribution < 1.29 is 0 Å². The van der Waals surface area contributed by atoms with E-state index in [1.165, 1.54) is 76.2 Å². The Morgan fingerprint density at radius 3 is 1.41 bits per heavy atom. The first kappa shape index (κ1) is 38.2. The van der Waals surface area contributed by atoms with Crippen LogP contribution in [0.1, 0.15) is 21.6 Å². The molecule has 66 heavy (non-hydrogen) atoms. The lowest BCUT2D eigenvalue weighted by Crippen LogP contribution is -2.25. The van der Waals surface area contributed by atoms with Crippen molar-refractivity contribution in [3.05, 3.63) is 276 Å². The van der Waals surface area contributed by atoms with Gasteiger partial charge in [0.25, 0.3) is 0 Å². The summed E-state index contributed by atoms with van der Waals surface area (Å²) < 4.78 is 1.31. The third-order valence-corrected chi connectivity index (χ3v) is 14.9. The van der Waals surface area contributed by atoms with E-state index in [2.05, 4.69) is 265 Å². The van der Waals surface area contributed by atoms with Crippen molar-refractivity contribution in [2.24, 2.45) is 0 Å². The SMILES string of the molecule is c1ccc(-c2ccc(N(c3cccc(-c4ccccc4)c3)c3ccc4c(c3)C3(c5ccccc5-c5ccc(N(c6ccccc6)c6ccccc6)cc53)c3sc5ccccc5c3-4)cc2)cc1. The molecule has 0 aliphatic heterocycles. The van der Waals surface area contributed by atoms with Gasteiger partial charge in [0.15, 0.2) is 0 Å². The van der Waals surface area contributed by atoms with Crippen LogP contribution in [0.15, 0.2) is 255 Å². The van der Waals surface area contributed by atoms with E-state index in [4.69, 9.17) is 0 Å². The molecule has 11 aromatic rings. The van der Waals surface area contributed by atoms with Gasteiger partial charge in [-0.1, -0.05) is 176 Å². The van der Waals surface area contributed by atoms with Crippen LogP contribution in [0.3, 0.4) is 0 Å². The first-order chi connectivity index (χ1) is 32.7. The van der Waals surface area contributed by atoms with E-state index in [-0.39, 0.29) is 0 Å². The maximum atomic E-state index is 2.52. The number of nitrogens with zero attached hydrogens (tertiary/aromatic N) is 2. The van der Waals surface area contributed by atoms with E-state index < -0.39 is 5.41 Å². The molecule has 1 heterocycles. The number of anilines is 6. The molecule has 2 aliphatic carbocycles. The maximum absolute atomic E-state index is 2.52. The predicted octanol–water partition coefficient (Wildman–Crippen LogP) is 17.5. The summed E-state index contributed by atoms with van der Waals surface area (Å²) in [7, 11) is 0. The minimum atomic E-state index is -0.569. The van der Waals surface area contributed by atoms with Crippen LogP contribution in [0, 0.1) is 0 Å². The summed E-state index contributed by atoms with van der Waals surface area (Å²) in [6.07, 6.45) is 0. The number of hydrogen-bond acceptors (Lipinski definition) is 3. The van der Waals surface area contributed by atoms with Crippen LogP contribution >= 0.6 is 11.3 Å². The Labute approximate surface area is 389 Å². The lowest BCUT2D eigenvalue weighted by Gasteiger charge is -2.33. The van der Waals surface area contributed by atoms with Crippen molar-refractivity contribution >= 4 is 55.5 Å². The van der Waals surface area contributed by atoms with Crippen LogP contribution < -0.4 is 9.80 Å². The van der Waals surface area contributed by atoms with Gasteiger partial charge in [-0.2, -0.15) is 0 Å². The Morgan fingerprint density at radius 2 is 0.727 bits per heavy atom. The summed E-state index contributed by atoms with van der Waals surface area (Å²) in [5.74, 6) is 0. The molecule has 0 saturated carbocycles. The molecule has 1 unspecified atom stereocenters. The van der Waals surface area contributed by atoms with Crippen molar-refractivity contribution in [1.82, 2.24) is 0 Å². The zero-order chi connectivity index (χ0) is 43.6. The van der Waals surface area contributed by atoms with E-state index in [1.807, 2.05) is 11.3 Å². The Hall–Kier alpha value is -8.24. The average molecular weight is 859 g/mol. The van der Waals surface area contributed by atoms with Gasteiger partial charge in [0.2, 0.25) is 0 Å². The largest absolute Gasteiger partial charge is 0.310 e. The minimum Gasteiger partial charge on any atom is -0.310 e. The molecule has 13 rings (SSSR count). The lowest BCUT2D eigenvalue weighted by molar-refractivity contribution is 0.811. The number of benzene rings is 10. The Balaban J connectivity index is 1.07. The zero-order valence-electron chi connectivity index (χ0n) is 36.1. The van der Waals surface area contributed by atoms with E-state index in [0.717, 1.165) is 34.1 Å². The smallest absolute Gasteiger partial charge is 0.0820 e. The third-order valence-electron chi connectivity index (χ3n) is 13.6. The number of fused-ring (bicyclic) bond motifs is 12. The van der Waals surface area contributed by atoms with E-state index in [9.17, 15) is 0 Å². The maximum Gasteiger partial charge on any atom is 0.0820 e. The molecular weight excluding hydrogens is 817 g/mol. The van der Waals surface area contributed by atoms with Crippen LogP contribution in [0.25, 0.3) is 54.6 Å². The van der Waals surface area contributed by atoms with Gasteiger partial charge in [0.05, 0.1) is 5.41 Å². The molecule has 0 saturated heterocycles. The second-order valence-electron chi connectivity index (χ2n) is 17.2. The van der Waals surface area contributed by atoms with Crippen molar-refractivity contribution in [1.29, 1.82) is 0 Å². The van der Waals surface area contributed by atoms with Crippen molar-refractivity contribution in [2.45, 2.75) is 5.41 Å². The molecule has 10 aromatic carbocycles. The van der Waals surface area contributed by atoms with Crippen LogP contribution in [0.5, 0.6) is 0 Å². The minimum absolute atomic E-state index is 0.569. The van der Waals surface area contributed by atoms with Crippen molar-refractivity contribution in [3.63, 3.8) is 0 Å². The first-order valence-corrected chi connectivity index (χ1v) is 23.5. The molecule has 0 fully saturated rings. The van der Waals surface area contributed by atoms with Gasteiger partial charge in [0.1, 0.15) is 0 Å². The predicted molar refractivity (Wildman–Crippen MR) is 278 cm³/mol. The quantitative estimate of drug-likeness (QED) is 0.150. The van der Waals surface area contributed by atoms with E-state index >= 15 is 0 Å². The molecule has 2 aliphatic rings. The van der Waals surface area contributed by atoms with Crippen molar-refractivity contribution in [3.8, 4) is 44.5 Å². The fourth-order valence-corrected chi connectivity index (χ4v) is 12.2. The molecule has 1 spiro atoms. The van der Waals surface area contributed by atoms with Gasteiger partial charge in [-0.05, 0) is 134 Å². The Bertz CT molecular complexity index is 3540. The molecule has 310 valence electrons. The molecule has 0 N–H and O–H groups in total.